The highest BCUT2D eigenvalue weighted by Crippen LogP contribution is 2.21. The van der Waals surface area contributed by atoms with Gasteiger partial charge in [0.15, 0.2) is 23.0 Å². The van der Waals surface area contributed by atoms with Gasteiger partial charge in [0.1, 0.15) is 23.8 Å². The Bertz CT molecular complexity index is 998. The normalized spacial score (nSPS) is 10.0. The van der Waals surface area contributed by atoms with Crippen LogP contribution in [0.25, 0.3) is 0 Å². The van der Waals surface area contributed by atoms with Crippen molar-refractivity contribution in [3.63, 3.8) is 0 Å². The molecule has 1 heterocycles. The lowest BCUT2D eigenvalue weighted by Crippen LogP contribution is -2.11. The highest BCUT2D eigenvalue weighted by molar-refractivity contribution is 5.62. The molecule has 0 aliphatic heterocycles. The van der Waals surface area contributed by atoms with E-state index in [2.05, 4.69) is 20.6 Å². The molecule has 2 aromatic carbocycles. The van der Waals surface area contributed by atoms with Gasteiger partial charge in [-0.1, -0.05) is 24.3 Å². The van der Waals surface area contributed by atoms with Gasteiger partial charge in [-0.05, 0) is 35.4 Å². The van der Waals surface area contributed by atoms with Gasteiger partial charge in [-0.2, -0.15) is 10.5 Å². The van der Waals surface area contributed by atoms with Crippen LogP contribution in [-0.4, -0.2) is 9.97 Å². The van der Waals surface area contributed by atoms with Gasteiger partial charge < -0.3 is 10.6 Å². The Morgan fingerprint density at radius 1 is 0.750 bits per heavy atom. The number of nitrogens with one attached hydrogen (secondary N) is 2. The van der Waals surface area contributed by atoms with E-state index in [0.29, 0.717) is 11.1 Å². The maximum atomic E-state index is 13.4. The lowest BCUT2D eigenvalue weighted by atomic mass is 10.2. The second-order valence-corrected chi connectivity index (χ2v) is 5.81. The van der Waals surface area contributed by atoms with Crippen LogP contribution in [0.15, 0.2) is 48.5 Å². The Morgan fingerprint density at radius 3 is 1.54 bits per heavy atom. The van der Waals surface area contributed by atoms with E-state index in [9.17, 15) is 19.3 Å². The second kappa shape index (κ2) is 8.56. The molecule has 0 saturated heterocycles. The van der Waals surface area contributed by atoms with Gasteiger partial charge in [0.25, 0.3) is 0 Å². The van der Waals surface area contributed by atoms with Crippen molar-refractivity contribution in [3.8, 4) is 12.1 Å². The first-order valence-electron chi connectivity index (χ1n) is 8.28. The number of anilines is 2. The predicted octanol–water partition coefficient (Wildman–Crippen LogP) is 3.72. The molecule has 0 fully saturated rings. The van der Waals surface area contributed by atoms with Gasteiger partial charge in [0, 0.05) is 13.1 Å². The van der Waals surface area contributed by atoms with Gasteiger partial charge in [0.2, 0.25) is 0 Å². The number of hydrogen-bond acceptors (Lipinski definition) is 6. The molecule has 2 N–H and O–H groups in total. The molecule has 1 aromatic heterocycles. The molecule has 0 aliphatic rings. The van der Waals surface area contributed by atoms with Crippen LogP contribution in [0.1, 0.15) is 22.5 Å². The number of nitrogens with zero attached hydrogens (tertiary/aromatic N) is 4. The summed E-state index contributed by atoms with van der Waals surface area (Å²) in [5, 5.41) is 24.3. The Morgan fingerprint density at radius 2 is 1.18 bits per heavy atom. The van der Waals surface area contributed by atoms with Crippen molar-refractivity contribution in [1.29, 1.82) is 10.5 Å². The van der Waals surface area contributed by atoms with Crippen molar-refractivity contribution in [1.82, 2.24) is 9.97 Å². The van der Waals surface area contributed by atoms with Crippen LogP contribution < -0.4 is 10.6 Å². The smallest absolute Gasteiger partial charge is 0.179 e. The summed E-state index contributed by atoms with van der Waals surface area (Å²) < 4.78 is 26.7. The largest absolute Gasteiger partial charge is 0.363 e. The molecule has 3 aromatic rings. The summed E-state index contributed by atoms with van der Waals surface area (Å²) in [4.78, 5) is 8.28. The Kier molecular flexibility index (Phi) is 5.73. The quantitative estimate of drug-likeness (QED) is 0.680. The van der Waals surface area contributed by atoms with Crippen LogP contribution in [0.5, 0.6) is 0 Å². The summed E-state index contributed by atoms with van der Waals surface area (Å²) in [5.41, 5.74) is 1.09. The molecule has 28 heavy (non-hydrogen) atoms. The third-order valence-electron chi connectivity index (χ3n) is 3.81. The number of rotatable bonds is 6. The van der Waals surface area contributed by atoms with Gasteiger partial charge in [-0.25, -0.2) is 18.7 Å². The van der Waals surface area contributed by atoms with Crippen LogP contribution in [0.3, 0.4) is 0 Å². The van der Waals surface area contributed by atoms with E-state index in [-0.39, 0.29) is 47.7 Å². The summed E-state index contributed by atoms with van der Waals surface area (Å²) in [6.07, 6.45) is 0. The molecular formula is C20H14F2N6. The number of benzene rings is 2. The SMILES string of the molecule is N#Cc1nc(NCc2cccc(F)c2)c(NCc2cccc(F)c2)nc1C#N. The topological polar surface area (TPSA) is 97.4 Å². The Balaban J connectivity index is 1.86. The number of aromatic nitrogens is 2. The minimum Gasteiger partial charge on any atom is -0.363 e. The van der Waals surface area contributed by atoms with E-state index in [0.717, 1.165) is 0 Å². The molecule has 0 bridgehead atoms. The van der Waals surface area contributed by atoms with Crippen molar-refractivity contribution in [2.75, 3.05) is 10.6 Å². The number of halogens is 2. The van der Waals surface area contributed by atoms with Crippen LogP contribution in [0.4, 0.5) is 20.4 Å². The van der Waals surface area contributed by atoms with Crippen LogP contribution >= 0.6 is 0 Å². The zero-order chi connectivity index (χ0) is 19.9. The minimum atomic E-state index is -0.368. The van der Waals surface area contributed by atoms with E-state index in [4.69, 9.17) is 0 Å². The van der Waals surface area contributed by atoms with Crippen molar-refractivity contribution >= 4 is 11.6 Å². The van der Waals surface area contributed by atoms with Crippen LogP contribution in [0, 0.1) is 34.3 Å². The molecule has 6 nitrogen and oxygen atoms in total. The van der Waals surface area contributed by atoms with E-state index >= 15 is 0 Å². The maximum Gasteiger partial charge on any atom is 0.179 e. The number of nitriles is 2. The molecule has 0 saturated carbocycles. The maximum absolute atomic E-state index is 13.4. The molecule has 0 spiro atoms. The first kappa shape index (κ1) is 18.7. The van der Waals surface area contributed by atoms with E-state index in [1.54, 1.807) is 24.3 Å². The van der Waals surface area contributed by atoms with Crippen molar-refractivity contribution in [3.05, 3.63) is 82.7 Å². The lowest BCUT2D eigenvalue weighted by Gasteiger charge is -2.13. The standard InChI is InChI=1S/C20H14F2N6/c21-15-5-1-3-13(7-15)11-25-19-20(28-18(10-24)17(9-23)27-19)26-12-14-4-2-6-16(22)8-14/h1-8H,11-12H2,(H,25,27)(H,26,28). The summed E-state index contributed by atoms with van der Waals surface area (Å²) in [5.74, 6) is -0.271. The predicted molar refractivity (Wildman–Crippen MR) is 98.9 cm³/mol. The van der Waals surface area contributed by atoms with Gasteiger partial charge in [-0.15, -0.1) is 0 Å². The highest BCUT2D eigenvalue weighted by atomic mass is 19.1. The van der Waals surface area contributed by atoms with E-state index < -0.39 is 0 Å². The fourth-order valence-corrected chi connectivity index (χ4v) is 2.50. The van der Waals surface area contributed by atoms with Crippen molar-refractivity contribution < 1.29 is 8.78 Å². The first-order valence-corrected chi connectivity index (χ1v) is 8.28. The van der Waals surface area contributed by atoms with Crippen LogP contribution in [0.2, 0.25) is 0 Å². The molecule has 0 atom stereocenters. The zero-order valence-corrected chi connectivity index (χ0v) is 14.6. The molecular weight excluding hydrogens is 362 g/mol. The van der Waals surface area contributed by atoms with Crippen molar-refractivity contribution in [2.24, 2.45) is 0 Å². The Hall–Kier alpha value is -4.04. The summed E-state index contributed by atoms with van der Waals surface area (Å²) in [7, 11) is 0. The average molecular weight is 376 g/mol. The lowest BCUT2D eigenvalue weighted by molar-refractivity contribution is 0.625. The molecule has 3 rings (SSSR count). The molecule has 0 unspecified atom stereocenters. The minimum absolute atomic E-state index is 0.124. The fourth-order valence-electron chi connectivity index (χ4n) is 2.50. The third kappa shape index (κ3) is 4.57. The van der Waals surface area contributed by atoms with Crippen LogP contribution in [-0.2, 0) is 13.1 Å². The highest BCUT2D eigenvalue weighted by Gasteiger charge is 2.14. The summed E-state index contributed by atoms with van der Waals surface area (Å²) >= 11 is 0. The second-order valence-electron chi connectivity index (χ2n) is 5.81. The molecule has 0 aliphatic carbocycles. The van der Waals surface area contributed by atoms with Gasteiger partial charge >= 0.3 is 0 Å². The fraction of sp³-hybridized carbons (Fsp3) is 0.100. The molecule has 0 amide bonds. The molecule has 8 heteroatoms. The van der Waals surface area contributed by atoms with Gasteiger partial charge in [0.05, 0.1) is 0 Å². The average Bonchev–Trinajstić information content (AvgIpc) is 2.70. The summed E-state index contributed by atoms with van der Waals surface area (Å²) in [6, 6.07) is 15.7. The van der Waals surface area contributed by atoms with Gasteiger partial charge in [-0.3, -0.25) is 0 Å². The summed E-state index contributed by atoms with van der Waals surface area (Å²) in [6.45, 7) is 0.468. The Labute approximate surface area is 160 Å². The molecule has 138 valence electrons. The van der Waals surface area contributed by atoms with E-state index in [1.807, 2.05) is 12.1 Å². The molecule has 0 radical (unpaired) electrons. The first-order chi connectivity index (χ1) is 13.6. The third-order valence-corrected chi connectivity index (χ3v) is 3.81. The van der Waals surface area contributed by atoms with E-state index in [1.165, 1.54) is 24.3 Å². The zero-order valence-electron chi connectivity index (χ0n) is 14.6. The van der Waals surface area contributed by atoms with Crippen molar-refractivity contribution in [2.45, 2.75) is 13.1 Å². The number of hydrogen-bond donors (Lipinski definition) is 2. The monoisotopic (exact) mass is 376 g/mol.